The standard InChI is InChI=1S/C30H37BN2O3/c1-2-3-19-36-26-16-10-15-25(20-26)22-32-27(18-17-23-11-6-4-7-12-23)29(34)28(33-30(31)35)21-24-13-8-5-9-14-24/h4-16,20,27-29,32,34H,2-3,17-19,21-22H2,1H3,(H,33,35)/t27-,28-,29-/m1/s1. The fourth-order valence-electron chi connectivity index (χ4n) is 4.28. The van der Waals surface area contributed by atoms with E-state index < -0.39 is 18.0 Å². The maximum Gasteiger partial charge on any atom is 0.200 e. The van der Waals surface area contributed by atoms with Gasteiger partial charge in [0, 0.05) is 12.6 Å². The van der Waals surface area contributed by atoms with E-state index in [1.807, 2.05) is 72.8 Å². The van der Waals surface area contributed by atoms with Gasteiger partial charge in [-0.2, -0.15) is 0 Å². The van der Waals surface area contributed by atoms with Gasteiger partial charge in [-0.1, -0.05) is 86.1 Å². The third-order valence-corrected chi connectivity index (χ3v) is 6.27. The summed E-state index contributed by atoms with van der Waals surface area (Å²) in [6.07, 6.45) is 3.24. The Morgan fingerprint density at radius 3 is 2.25 bits per heavy atom. The van der Waals surface area contributed by atoms with E-state index in [2.05, 4.69) is 29.7 Å². The minimum absolute atomic E-state index is 0.268. The molecule has 0 aliphatic carbocycles. The Hall–Kier alpha value is -3.09. The number of hydrogen-bond donors (Lipinski definition) is 3. The van der Waals surface area contributed by atoms with Crippen LogP contribution in [0.5, 0.6) is 5.75 Å². The highest BCUT2D eigenvalue weighted by Crippen LogP contribution is 2.17. The van der Waals surface area contributed by atoms with E-state index in [1.54, 1.807) is 0 Å². The number of aliphatic hydroxyl groups is 1. The number of unbranched alkanes of at least 4 members (excludes halogenated alkanes) is 1. The van der Waals surface area contributed by atoms with Crippen LogP contribution in [0.15, 0.2) is 84.9 Å². The molecule has 0 aromatic heterocycles. The van der Waals surface area contributed by atoms with Crippen LogP contribution in [0.25, 0.3) is 0 Å². The first-order chi connectivity index (χ1) is 17.5. The summed E-state index contributed by atoms with van der Waals surface area (Å²) < 4.78 is 5.86. The highest BCUT2D eigenvalue weighted by molar-refractivity contribution is 6.57. The van der Waals surface area contributed by atoms with Gasteiger partial charge in [0.25, 0.3) is 0 Å². The summed E-state index contributed by atoms with van der Waals surface area (Å²) in [7, 11) is 5.49. The maximum atomic E-state index is 11.8. The van der Waals surface area contributed by atoms with Crippen molar-refractivity contribution in [3.05, 3.63) is 102 Å². The van der Waals surface area contributed by atoms with Crippen LogP contribution in [-0.2, 0) is 19.4 Å². The second kappa shape index (κ2) is 15.1. The number of aliphatic hydroxyl groups excluding tert-OH is 1. The number of carbonyl (C=O) groups excluding carboxylic acids is 1. The van der Waals surface area contributed by atoms with Gasteiger partial charge >= 0.3 is 0 Å². The van der Waals surface area contributed by atoms with E-state index in [1.165, 1.54) is 5.56 Å². The molecule has 6 heteroatoms. The molecule has 0 unspecified atom stereocenters. The second-order valence-corrected chi connectivity index (χ2v) is 9.16. The van der Waals surface area contributed by atoms with Crippen LogP contribution >= 0.6 is 0 Å². The number of amides is 1. The average molecular weight is 484 g/mol. The van der Waals surface area contributed by atoms with Crippen LogP contribution in [0.2, 0.25) is 0 Å². The first-order valence-electron chi connectivity index (χ1n) is 12.8. The Morgan fingerprint density at radius 1 is 0.917 bits per heavy atom. The molecule has 3 rings (SSSR count). The molecule has 0 aliphatic heterocycles. The minimum atomic E-state index is -0.842. The molecule has 0 saturated carbocycles. The van der Waals surface area contributed by atoms with Crippen LogP contribution in [0.1, 0.15) is 42.9 Å². The molecule has 3 atom stereocenters. The Balaban J connectivity index is 1.73. The zero-order chi connectivity index (χ0) is 25.6. The summed E-state index contributed by atoms with van der Waals surface area (Å²) in [4.78, 5) is 11.8. The molecule has 0 aliphatic rings. The summed E-state index contributed by atoms with van der Waals surface area (Å²) in [5, 5.41) is 17.8. The van der Waals surface area contributed by atoms with Gasteiger partial charge in [-0.3, -0.25) is 4.79 Å². The van der Waals surface area contributed by atoms with E-state index in [-0.39, 0.29) is 6.04 Å². The SMILES string of the molecule is [B]C(=O)N[C@H](Cc1ccccc1)[C@H](O)[C@@H](CCc1ccccc1)NCc1cccc(OCCCC)c1. The maximum absolute atomic E-state index is 11.8. The predicted octanol–water partition coefficient (Wildman–Crippen LogP) is 4.81. The molecular formula is C30H37BN2O3. The van der Waals surface area contributed by atoms with E-state index in [4.69, 9.17) is 12.6 Å². The van der Waals surface area contributed by atoms with E-state index in [0.29, 0.717) is 26.0 Å². The number of benzene rings is 3. The van der Waals surface area contributed by atoms with Gasteiger partial charge in [0.1, 0.15) is 5.75 Å². The van der Waals surface area contributed by atoms with E-state index in [9.17, 15) is 9.90 Å². The van der Waals surface area contributed by atoms with Crippen LogP contribution in [-0.4, -0.2) is 43.6 Å². The van der Waals surface area contributed by atoms with Crippen molar-refractivity contribution in [2.45, 2.75) is 63.8 Å². The fraction of sp³-hybridized carbons (Fsp3) is 0.367. The molecule has 5 nitrogen and oxygen atoms in total. The smallest absolute Gasteiger partial charge is 0.200 e. The van der Waals surface area contributed by atoms with Crippen molar-refractivity contribution in [3.63, 3.8) is 0 Å². The van der Waals surface area contributed by atoms with Crippen molar-refractivity contribution in [1.29, 1.82) is 0 Å². The monoisotopic (exact) mass is 484 g/mol. The largest absolute Gasteiger partial charge is 0.494 e. The zero-order valence-electron chi connectivity index (χ0n) is 21.1. The molecule has 188 valence electrons. The number of hydrogen-bond acceptors (Lipinski definition) is 4. The van der Waals surface area contributed by atoms with Crippen LogP contribution < -0.4 is 15.4 Å². The van der Waals surface area contributed by atoms with Crippen molar-refractivity contribution in [2.24, 2.45) is 0 Å². The summed E-state index contributed by atoms with van der Waals surface area (Å²) >= 11 is 0. The quantitative estimate of drug-likeness (QED) is 0.214. The number of nitrogens with one attached hydrogen (secondary N) is 2. The van der Waals surface area contributed by atoms with Gasteiger partial charge in [-0.05, 0) is 54.5 Å². The lowest BCUT2D eigenvalue weighted by Crippen LogP contribution is -2.53. The second-order valence-electron chi connectivity index (χ2n) is 9.16. The van der Waals surface area contributed by atoms with Crippen LogP contribution in [0, 0.1) is 0 Å². The molecule has 0 saturated heterocycles. The average Bonchev–Trinajstić information content (AvgIpc) is 2.89. The lowest BCUT2D eigenvalue weighted by molar-refractivity contribution is 0.0862. The minimum Gasteiger partial charge on any atom is -0.494 e. The molecule has 0 heterocycles. The normalized spacial score (nSPS) is 13.5. The van der Waals surface area contributed by atoms with Crippen molar-refractivity contribution < 1.29 is 14.6 Å². The van der Waals surface area contributed by atoms with Crippen molar-refractivity contribution >= 4 is 13.7 Å². The van der Waals surface area contributed by atoms with Gasteiger partial charge in [0.05, 0.1) is 18.8 Å². The summed E-state index contributed by atoms with van der Waals surface area (Å²) in [5.41, 5.74) is 3.29. The van der Waals surface area contributed by atoms with Gasteiger partial charge < -0.3 is 20.5 Å². The predicted molar refractivity (Wildman–Crippen MR) is 146 cm³/mol. The Bertz CT molecular complexity index is 1030. The molecule has 0 spiro atoms. The molecule has 0 fully saturated rings. The number of aryl methyl sites for hydroxylation is 1. The highest BCUT2D eigenvalue weighted by atomic mass is 16.5. The highest BCUT2D eigenvalue weighted by Gasteiger charge is 2.28. The fourth-order valence-corrected chi connectivity index (χ4v) is 4.28. The van der Waals surface area contributed by atoms with E-state index in [0.717, 1.165) is 36.1 Å². The molecule has 36 heavy (non-hydrogen) atoms. The van der Waals surface area contributed by atoms with Crippen molar-refractivity contribution in [1.82, 2.24) is 10.6 Å². The van der Waals surface area contributed by atoms with E-state index >= 15 is 0 Å². The number of ether oxygens (including phenoxy) is 1. The molecule has 2 radical (unpaired) electrons. The van der Waals surface area contributed by atoms with Crippen molar-refractivity contribution in [3.8, 4) is 5.75 Å². The number of rotatable bonds is 15. The van der Waals surface area contributed by atoms with Gasteiger partial charge in [-0.15, -0.1) is 0 Å². The van der Waals surface area contributed by atoms with Gasteiger partial charge in [0.2, 0.25) is 7.85 Å². The Morgan fingerprint density at radius 2 is 1.58 bits per heavy atom. The first kappa shape index (κ1) is 27.5. The zero-order valence-corrected chi connectivity index (χ0v) is 21.1. The third kappa shape index (κ3) is 9.52. The summed E-state index contributed by atoms with van der Waals surface area (Å²) in [6, 6.07) is 27.3. The molecule has 0 bridgehead atoms. The summed E-state index contributed by atoms with van der Waals surface area (Å²) in [5.74, 6) is 0.204. The molecule has 3 aromatic rings. The Labute approximate surface area is 216 Å². The van der Waals surface area contributed by atoms with Crippen LogP contribution in [0.4, 0.5) is 4.79 Å². The van der Waals surface area contributed by atoms with Crippen molar-refractivity contribution in [2.75, 3.05) is 6.61 Å². The molecule has 1 amide bonds. The van der Waals surface area contributed by atoms with Crippen LogP contribution in [0.3, 0.4) is 0 Å². The Kier molecular flexibility index (Phi) is 11.6. The first-order valence-corrected chi connectivity index (χ1v) is 12.8. The lowest BCUT2D eigenvalue weighted by Gasteiger charge is -2.32. The number of carbonyl (C=O) groups is 1. The molecule has 3 aromatic carbocycles. The molecular weight excluding hydrogens is 447 g/mol. The summed E-state index contributed by atoms with van der Waals surface area (Å²) in [6.45, 7) is 3.41. The lowest BCUT2D eigenvalue weighted by atomic mass is 9.91. The van der Waals surface area contributed by atoms with Gasteiger partial charge in [-0.25, -0.2) is 0 Å². The van der Waals surface area contributed by atoms with Gasteiger partial charge in [0.15, 0.2) is 5.81 Å². The third-order valence-electron chi connectivity index (χ3n) is 6.27. The molecule has 3 N–H and O–H groups in total. The topological polar surface area (TPSA) is 70.6 Å².